The van der Waals surface area contributed by atoms with Crippen molar-refractivity contribution in [2.45, 2.75) is 44.4 Å². The monoisotopic (exact) mass is 415 g/mol. The summed E-state index contributed by atoms with van der Waals surface area (Å²) in [7, 11) is 0. The molecular formula is C25H25N3O3. The van der Waals surface area contributed by atoms with Crippen molar-refractivity contribution in [2.24, 2.45) is 0 Å². The first-order valence-corrected chi connectivity index (χ1v) is 10.8. The number of hydrogen-bond acceptors (Lipinski definition) is 3. The highest BCUT2D eigenvalue weighted by Crippen LogP contribution is 2.30. The van der Waals surface area contributed by atoms with E-state index in [1.165, 1.54) is 0 Å². The van der Waals surface area contributed by atoms with Gasteiger partial charge in [0, 0.05) is 18.2 Å². The average molecular weight is 415 g/mol. The molecule has 158 valence electrons. The van der Waals surface area contributed by atoms with Crippen LogP contribution in [-0.2, 0) is 6.54 Å². The molecular weight excluding hydrogens is 390 g/mol. The van der Waals surface area contributed by atoms with Gasteiger partial charge in [-0.25, -0.2) is 4.79 Å². The molecule has 6 nitrogen and oxygen atoms in total. The summed E-state index contributed by atoms with van der Waals surface area (Å²) in [6.45, 7) is 0.431. The molecule has 5 rings (SSSR count). The van der Waals surface area contributed by atoms with Crippen LogP contribution in [0.3, 0.4) is 0 Å². The lowest BCUT2D eigenvalue weighted by Gasteiger charge is -2.26. The molecule has 31 heavy (non-hydrogen) atoms. The number of aliphatic hydroxyl groups is 1. The van der Waals surface area contributed by atoms with Crippen LogP contribution in [0.25, 0.3) is 21.8 Å². The van der Waals surface area contributed by atoms with Crippen molar-refractivity contribution >= 4 is 27.7 Å². The Kier molecular flexibility index (Phi) is 5.08. The fourth-order valence-corrected chi connectivity index (χ4v) is 4.68. The van der Waals surface area contributed by atoms with Crippen molar-refractivity contribution in [1.29, 1.82) is 0 Å². The highest BCUT2D eigenvalue weighted by atomic mass is 16.3. The number of fused-ring (bicyclic) bond motifs is 2. The molecule has 1 aliphatic carbocycles. The lowest BCUT2D eigenvalue weighted by atomic mass is 9.93. The number of nitrogens with one attached hydrogen (secondary N) is 2. The number of nitrogens with zero attached hydrogens (tertiary/aromatic N) is 1. The Morgan fingerprint density at radius 1 is 1.03 bits per heavy atom. The molecule has 1 amide bonds. The molecule has 1 aromatic heterocycles. The molecule has 1 heterocycles. The van der Waals surface area contributed by atoms with Gasteiger partial charge in [0.2, 0.25) is 0 Å². The van der Waals surface area contributed by atoms with E-state index in [-0.39, 0.29) is 23.7 Å². The van der Waals surface area contributed by atoms with Crippen LogP contribution in [0, 0.1) is 0 Å². The lowest BCUT2D eigenvalue weighted by molar-refractivity contribution is 0.0951. The van der Waals surface area contributed by atoms with Crippen LogP contribution in [0.2, 0.25) is 0 Å². The maximum atomic E-state index is 12.8. The zero-order valence-corrected chi connectivity index (χ0v) is 17.2. The van der Waals surface area contributed by atoms with Gasteiger partial charge < -0.3 is 15.4 Å². The van der Waals surface area contributed by atoms with Gasteiger partial charge in [-0.15, -0.1) is 0 Å². The lowest BCUT2D eigenvalue weighted by Crippen LogP contribution is -2.27. The van der Waals surface area contributed by atoms with E-state index < -0.39 is 0 Å². The maximum absolute atomic E-state index is 12.8. The van der Waals surface area contributed by atoms with Crippen molar-refractivity contribution in [3.8, 4) is 0 Å². The highest BCUT2D eigenvalue weighted by molar-refractivity contribution is 5.97. The number of carbonyl (C=O) groups is 1. The number of imidazole rings is 1. The van der Waals surface area contributed by atoms with Crippen molar-refractivity contribution in [3.63, 3.8) is 0 Å². The predicted octanol–water partition coefficient (Wildman–Crippen LogP) is 3.89. The van der Waals surface area contributed by atoms with Gasteiger partial charge in [-0.05, 0) is 60.2 Å². The minimum Gasteiger partial charge on any atom is -0.393 e. The Bertz CT molecular complexity index is 1310. The minimum absolute atomic E-state index is 0.0793. The van der Waals surface area contributed by atoms with Gasteiger partial charge >= 0.3 is 5.69 Å². The smallest absolute Gasteiger partial charge is 0.326 e. The van der Waals surface area contributed by atoms with Crippen LogP contribution in [0.4, 0.5) is 0 Å². The molecule has 0 radical (unpaired) electrons. The molecule has 1 saturated carbocycles. The molecule has 1 aliphatic rings. The van der Waals surface area contributed by atoms with E-state index in [0.29, 0.717) is 30.5 Å². The zero-order chi connectivity index (χ0) is 21.4. The van der Waals surface area contributed by atoms with Gasteiger partial charge in [0.05, 0.1) is 17.1 Å². The van der Waals surface area contributed by atoms with Crippen molar-refractivity contribution in [2.75, 3.05) is 0 Å². The van der Waals surface area contributed by atoms with Gasteiger partial charge in [0.1, 0.15) is 0 Å². The Balaban J connectivity index is 1.36. The third kappa shape index (κ3) is 3.75. The number of aromatic nitrogens is 2. The average Bonchev–Trinajstić information content (AvgIpc) is 3.13. The molecule has 3 aromatic carbocycles. The summed E-state index contributed by atoms with van der Waals surface area (Å²) >= 11 is 0. The summed E-state index contributed by atoms with van der Waals surface area (Å²) in [4.78, 5) is 28.3. The predicted molar refractivity (Wildman–Crippen MR) is 121 cm³/mol. The second kappa shape index (κ2) is 8.04. The fraction of sp³-hybridized carbons (Fsp3) is 0.280. The fourth-order valence-electron chi connectivity index (χ4n) is 4.68. The molecule has 1 fully saturated rings. The van der Waals surface area contributed by atoms with Gasteiger partial charge in [-0.2, -0.15) is 0 Å². The molecule has 6 heteroatoms. The van der Waals surface area contributed by atoms with E-state index in [0.717, 1.165) is 34.7 Å². The second-order valence-electron chi connectivity index (χ2n) is 8.32. The zero-order valence-electron chi connectivity index (χ0n) is 17.2. The number of aliphatic hydroxyl groups excluding tert-OH is 1. The Morgan fingerprint density at radius 2 is 1.81 bits per heavy atom. The van der Waals surface area contributed by atoms with Crippen LogP contribution >= 0.6 is 0 Å². The number of H-pyrrole nitrogens is 1. The second-order valence-corrected chi connectivity index (χ2v) is 8.32. The van der Waals surface area contributed by atoms with Gasteiger partial charge in [0.15, 0.2) is 0 Å². The van der Waals surface area contributed by atoms with E-state index in [2.05, 4.69) is 28.5 Å². The maximum Gasteiger partial charge on any atom is 0.326 e. The van der Waals surface area contributed by atoms with Crippen LogP contribution in [0.1, 0.15) is 47.6 Å². The molecule has 0 aliphatic heterocycles. The number of rotatable bonds is 4. The Hall–Kier alpha value is -3.38. The number of benzene rings is 3. The van der Waals surface area contributed by atoms with E-state index in [9.17, 15) is 14.7 Å². The van der Waals surface area contributed by atoms with Gasteiger partial charge in [-0.1, -0.05) is 42.5 Å². The standard InChI is InChI=1S/C25H25N3O3/c29-20-11-9-19(10-12-20)28-23-13-8-17(14-22(23)27-25(28)31)24(30)26-15-18-6-3-5-16-4-1-2-7-21(16)18/h1-8,13-14,19-20,29H,9-12,15H2,(H,26,30)(H,27,31). The largest absolute Gasteiger partial charge is 0.393 e. The van der Waals surface area contributed by atoms with E-state index >= 15 is 0 Å². The first-order chi connectivity index (χ1) is 15.1. The molecule has 0 saturated heterocycles. The van der Waals surface area contributed by atoms with Crippen LogP contribution < -0.4 is 11.0 Å². The quantitative estimate of drug-likeness (QED) is 0.473. The summed E-state index contributed by atoms with van der Waals surface area (Å²) in [5.74, 6) is -0.177. The first-order valence-electron chi connectivity index (χ1n) is 10.8. The van der Waals surface area contributed by atoms with E-state index in [1.807, 2.05) is 30.3 Å². The number of hydrogen-bond donors (Lipinski definition) is 3. The first kappa shape index (κ1) is 19.6. The van der Waals surface area contributed by atoms with Gasteiger partial charge in [0.25, 0.3) is 5.91 Å². The third-order valence-corrected chi connectivity index (χ3v) is 6.33. The SMILES string of the molecule is O=C(NCc1cccc2ccccc12)c1ccc2c(c1)[nH]c(=O)n2C1CCC(O)CC1. The third-order valence-electron chi connectivity index (χ3n) is 6.33. The topological polar surface area (TPSA) is 87.1 Å². The summed E-state index contributed by atoms with van der Waals surface area (Å²) in [5, 5.41) is 15.0. The van der Waals surface area contributed by atoms with E-state index in [4.69, 9.17) is 0 Å². The van der Waals surface area contributed by atoms with Gasteiger partial charge in [-0.3, -0.25) is 9.36 Å². The van der Waals surface area contributed by atoms with Crippen molar-refractivity contribution < 1.29 is 9.90 Å². The molecule has 4 aromatic rings. The molecule has 0 spiro atoms. The number of aromatic amines is 1. The van der Waals surface area contributed by atoms with Crippen LogP contribution in [0.5, 0.6) is 0 Å². The summed E-state index contributed by atoms with van der Waals surface area (Å²) in [6, 6.07) is 19.6. The summed E-state index contributed by atoms with van der Waals surface area (Å²) < 4.78 is 1.78. The van der Waals surface area contributed by atoms with Crippen LogP contribution in [0.15, 0.2) is 65.5 Å². The van der Waals surface area contributed by atoms with Crippen molar-refractivity contribution in [1.82, 2.24) is 14.9 Å². The van der Waals surface area contributed by atoms with Crippen molar-refractivity contribution in [3.05, 3.63) is 82.3 Å². The van der Waals surface area contributed by atoms with E-state index in [1.54, 1.807) is 16.7 Å². The normalized spacial score (nSPS) is 19.0. The number of amides is 1. The summed E-state index contributed by atoms with van der Waals surface area (Å²) in [6.07, 6.45) is 2.70. The molecule has 0 atom stereocenters. The Morgan fingerprint density at radius 3 is 2.65 bits per heavy atom. The number of carbonyl (C=O) groups excluding carboxylic acids is 1. The Labute approximate surface area is 179 Å². The van der Waals surface area contributed by atoms with Crippen LogP contribution in [-0.4, -0.2) is 26.7 Å². The minimum atomic E-state index is -0.269. The molecule has 0 bridgehead atoms. The highest BCUT2D eigenvalue weighted by Gasteiger charge is 2.24. The summed E-state index contributed by atoms with van der Waals surface area (Å²) in [5.41, 5.74) is 2.88. The molecule has 0 unspecified atom stereocenters. The molecule has 3 N–H and O–H groups in total.